The third-order valence-corrected chi connectivity index (χ3v) is 4.03. The molecule has 2 rings (SSSR count). The quantitative estimate of drug-likeness (QED) is 0.845. The van der Waals surface area contributed by atoms with E-state index in [0.717, 1.165) is 25.7 Å². The van der Waals surface area contributed by atoms with Gasteiger partial charge >= 0.3 is 0 Å². The first-order valence-electron chi connectivity index (χ1n) is 8.29. The van der Waals surface area contributed by atoms with Crippen LogP contribution in [0.5, 0.6) is 11.5 Å². The third-order valence-electron chi connectivity index (χ3n) is 4.03. The molecule has 0 aliphatic heterocycles. The van der Waals surface area contributed by atoms with Gasteiger partial charge in [0.15, 0.2) is 11.5 Å². The minimum atomic E-state index is -0.222. The molecular formula is C18H27NO4. The molecule has 0 saturated heterocycles. The van der Waals surface area contributed by atoms with Crippen LogP contribution in [-0.4, -0.2) is 36.9 Å². The van der Waals surface area contributed by atoms with Crippen molar-refractivity contribution < 1.29 is 19.4 Å². The predicted octanol–water partition coefficient (Wildman–Crippen LogP) is 2.76. The Bertz CT molecular complexity index is 522. The van der Waals surface area contributed by atoms with E-state index in [1.165, 1.54) is 0 Å². The zero-order valence-corrected chi connectivity index (χ0v) is 14.2. The highest BCUT2D eigenvalue weighted by Gasteiger charge is 2.21. The molecule has 1 fully saturated rings. The number of benzene rings is 1. The summed E-state index contributed by atoms with van der Waals surface area (Å²) in [5.41, 5.74) is 0.560. The molecule has 0 unspecified atom stereocenters. The van der Waals surface area contributed by atoms with E-state index < -0.39 is 0 Å². The zero-order valence-electron chi connectivity index (χ0n) is 14.2. The highest BCUT2D eigenvalue weighted by Crippen LogP contribution is 2.28. The van der Waals surface area contributed by atoms with Crippen molar-refractivity contribution in [2.75, 3.05) is 13.7 Å². The van der Waals surface area contributed by atoms with Gasteiger partial charge in [0.1, 0.15) is 0 Å². The molecule has 1 aromatic rings. The number of ether oxygens (including phenoxy) is 2. The lowest BCUT2D eigenvalue weighted by Gasteiger charge is -2.26. The number of hydrogen-bond acceptors (Lipinski definition) is 4. The fraction of sp³-hybridized carbons (Fsp3) is 0.611. The smallest absolute Gasteiger partial charge is 0.251 e. The van der Waals surface area contributed by atoms with Gasteiger partial charge in [-0.2, -0.15) is 0 Å². The van der Waals surface area contributed by atoms with E-state index in [1.807, 2.05) is 0 Å². The molecule has 0 spiro atoms. The molecule has 1 aliphatic carbocycles. The maximum Gasteiger partial charge on any atom is 0.251 e. The number of hydrogen-bond donors (Lipinski definition) is 2. The normalized spacial score (nSPS) is 21.1. The van der Waals surface area contributed by atoms with E-state index in [9.17, 15) is 9.90 Å². The Balaban J connectivity index is 2.00. The Kier molecular flexibility index (Phi) is 6.28. The van der Waals surface area contributed by atoms with Crippen LogP contribution >= 0.6 is 0 Å². The van der Waals surface area contributed by atoms with Crippen molar-refractivity contribution in [3.8, 4) is 11.5 Å². The molecule has 128 valence electrons. The van der Waals surface area contributed by atoms with Crippen LogP contribution in [0, 0.1) is 5.92 Å². The largest absolute Gasteiger partial charge is 0.493 e. The summed E-state index contributed by atoms with van der Waals surface area (Å²) in [6, 6.07) is 5.38. The van der Waals surface area contributed by atoms with Crippen LogP contribution in [0.25, 0.3) is 0 Å². The average Bonchev–Trinajstić information content (AvgIpc) is 2.54. The maximum absolute atomic E-state index is 12.4. The van der Waals surface area contributed by atoms with E-state index in [4.69, 9.17) is 9.47 Å². The van der Waals surface area contributed by atoms with Crippen molar-refractivity contribution in [1.82, 2.24) is 5.32 Å². The lowest BCUT2D eigenvalue weighted by atomic mass is 9.93. The zero-order chi connectivity index (χ0) is 16.8. The number of amides is 1. The summed E-state index contributed by atoms with van der Waals surface area (Å²) in [6.45, 7) is 4.76. The van der Waals surface area contributed by atoms with Gasteiger partial charge in [0.2, 0.25) is 0 Å². The van der Waals surface area contributed by atoms with Gasteiger partial charge in [-0.15, -0.1) is 0 Å². The molecule has 0 bridgehead atoms. The minimum absolute atomic E-state index is 0.111. The molecule has 5 nitrogen and oxygen atoms in total. The fourth-order valence-corrected chi connectivity index (χ4v) is 2.67. The molecule has 0 heterocycles. The molecular weight excluding hydrogens is 294 g/mol. The predicted molar refractivity (Wildman–Crippen MR) is 89.1 cm³/mol. The Hall–Kier alpha value is -1.75. The molecule has 0 atom stereocenters. The average molecular weight is 321 g/mol. The maximum atomic E-state index is 12.4. The second-order valence-electron chi connectivity index (χ2n) is 6.55. The molecule has 2 N–H and O–H groups in total. The van der Waals surface area contributed by atoms with Gasteiger partial charge in [-0.3, -0.25) is 4.79 Å². The van der Waals surface area contributed by atoms with Gasteiger partial charge in [0, 0.05) is 11.6 Å². The van der Waals surface area contributed by atoms with Gasteiger partial charge in [-0.25, -0.2) is 0 Å². The SMILES string of the molecule is COc1cc(C(=O)NC2CCC(O)CC2)ccc1OCC(C)C. The van der Waals surface area contributed by atoms with E-state index in [-0.39, 0.29) is 18.1 Å². The van der Waals surface area contributed by atoms with Crippen molar-refractivity contribution in [3.05, 3.63) is 23.8 Å². The molecule has 1 saturated carbocycles. The Morgan fingerprint density at radius 3 is 2.57 bits per heavy atom. The van der Waals surface area contributed by atoms with Crippen molar-refractivity contribution in [2.24, 2.45) is 5.92 Å². The van der Waals surface area contributed by atoms with Gasteiger partial charge in [-0.05, 0) is 49.8 Å². The molecule has 1 amide bonds. The molecule has 1 aromatic carbocycles. The van der Waals surface area contributed by atoms with Gasteiger partial charge < -0.3 is 19.9 Å². The van der Waals surface area contributed by atoms with Crippen molar-refractivity contribution in [3.63, 3.8) is 0 Å². The lowest BCUT2D eigenvalue weighted by Crippen LogP contribution is -2.38. The number of carbonyl (C=O) groups excluding carboxylic acids is 1. The number of carbonyl (C=O) groups is 1. The second-order valence-corrected chi connectivity index (χ2v) is 6.55. The standard InChI is InChI=1S/C18H27NO4/c1-12(2)11-23-16-9-4-13(10-17(16)22-3)18(21)19-14-5-7-15(20)8-6-14/h4,9-10,12,14-15,20H,5-8,11H2,1-3H3,(H,19,21). The van der Waals surface area contributed by atoms with Crippen LogP contribution in [0.3, 0.4) is 0 Å². The van der Waals surface area contributed by atoms with E-state index in [0.29, 0.717) is 29.6 Å². The third kappa shape index (κ3) is 5.13. The second kappa shape index (κ2) is 8.20. The Morgan fingerprint density at radius 2 is 1.96 bits per heavy atom. The lowest BCUT2D eigenvalue weighted by molar-refractivity contribution is 0.0867. The summed E-state index contributed by atoms with van der Waals surface area (Å²) in [6.07, 6.45) is 2.91. The van der Waals surface area contributed by atoms with E-state index in [1.54, 1.807) is 25.3 Å². The highest BCUT2D eigenvalue weighted by atomic mass is 16.5. The summed E-state index contributed by atoms with van der Waals surface area (Å²) in [7, 11) is 1.57. The molecule has 23 heavy (non-hydrogen) atoms. The van der Waals surface area contributed by atoms with Gasteiger partial charge in [0.25, 0.3) is 5.91 Å². The number of methoxy groups -OCH3 is 1. The van der Waals surface area contributed by atoms with Crippen molar-refractivity contribution in [1.29, 1.82) is 0 Å². The van der Waals surface area contributed by atoms with Gasteiger partial charge in [0.05, 0.1) is 19.8 Å². The molecule has 0 aromatic heterocycles. The highest BCUT2D eigenvalue weighted by molar-refractivity contribution is 5.95. The molecule has 1 aliphatic rings. The van der Waals surface area contributed by atoms with Crippen molar-refractivity contribution >= 4 is 5.91 Å². The summed E-state index contributed by atoms with van der Waals surface area (Å²) < 4.78 is 11.0. The Morgan fingerprint density at radius 1 is 1.26 bits per heavy atom. The summed E-state index contributed by atoms with van der Waals surface area (Å²) in [5.74, 6) is 1.53. The first kappa shape index (κ1) is 17.6. The minimum Gasteiger partial charge on any atom is -0.493 e. The first-order chi connectivity index (χ1) is 11.0. The van der Waals surface area contributed by atoms with Crippen LogP contribution in [0.15, 0.2) is 18.2 Å². The number of aliphatic hydroxyl groups excluding tert-OH is 1. The topological polar surface area (TPSA) is 67.8 Å². The summed E-state index contributed by atoms with van der Waals surface area (Å²) in [5, 5.41) is 12.6. The Labute approximate surface area is 138 Å². The van der Waals surface area contributed by atoms with E-state index in [2.05, 4.69) is 19.2 Å². The number of nitrogens with one attached hydrogen (secondary N) is 1. The van der Waals surface area contributed by atoms with Crippen LogP contribution in [0.4, 0.5) is 0 Å². The first-order valence-corrected chi connectivity index (χ1v) is 8.29. The number of rotatable bonds is 6. The molecule has 0 radical (unpaired) electrons. The summed E-state index contributed by atoms with van der Waals surface area (Å²) >= 11 is 0. The van der Waals surface area contributed by atoms with Crippen LogP contribution in [0.1, 0.15) is 49.9 Å². The fourth-order valence-electron chi connectivity index (χ4n) is 2.67. The van der Waals surface area contributed by atoms with Crippen LogP contribution in [0.2, 0.25) is 0 Å². The van der Waals surface area contributed by atoms with E-state index >= 15 is 0 Å². The number of aliphatic hydroxyl groups is 1. The monoisotopic (exact) mass is 321 g/mol. The van der Waals surface area contributed by atoms with Gasteiger partial charge in [-0.1, -0.05) is 13.8 Å². The van der Waals surface area contributed by atoms with Crippen LogP contribution < -0.4 is 14.8 Å². The van der Waals surface area contributed by atoms with Crippen molar-refractivity contribution in [2.45, 2.75) is 51.7 Å². The molecule has 5 heteroatoms. The summed E-state index contributed by atoms with van der Waals surface area (Å²) in [4.78, 5) is 12.4. The van der Waals surface area contributed by atoms with Crippen LogP contribution in [-0.2, 0) is 0 Å².